The Balaban J connectivity index is 2.64. The first-order valence-corrected chi connectivity index (χ1v) is 7.67. The molecule has 0 aromatic rings. The highest BCUT2D eigenvalue weighted by atomic mass is 16.5. The van der Waals surface area contributed by atoms with Crippen LogP contribution in [0.4, 0.5) is 4.79 Å². The number of methoxy groups -OCH3 is 1. The van der Waals surface area contributed by atoms with Crippen molar-refractivity contribution in [2.75, 3.05) is 13.7 Å². The smallest absolute Gasteiger partial charge is 0.315 e. The Morgan fingerprint density at radius 3 is 2.45 bits per heavy atom. The lowest BCUT2D eigenvalue weighted by Crippen LogP contribution is -2.70. The molecule has 3 N–H and O–H groups in total. The summed E-state index contributed by atoms with van der Waals surface area (Å²) in [6.07, 6.45) is 2.76. The number of hydrogen-bond acceptors (Lipinski definition) is 3. The van der Waals surface area contributed by atoms with Crippen LogP contribution in [-0.4, -0.2) is 43.0 Å². The normalized spacial score (nSPS) is 29.4. The Hall–Kier alpha value is -0.810. The van der Waals surface area contributed by atoms with Gasteiger partial charge in [-0.2, -0.15) is 0 Å². The average molecular weight is 286 g/mol. The van der Waals surface area contributed by atoms with Gasteiger partial charge in [0.2, 0.25) is 0 Å². The number of hydrogen-bond donors (Lipinski definition) is 3. The quantitative estimate of drug-likeness (QED) is 0.669. The summed E-state index contributed by atoms with van der Waals surface area (Å²) < 4.78 is 5.62. The second-order valence-corrected chi connectivity index (χ2v) is 5.96. The summed E-state index contributed by atoms with van der Waals surface area (Å²) in [6.45, 7) is 8.41. The van der Waals surface area contributed by atoms with E-state index in [1.165, 1.54) is 0 Å². The molecule has 0 aromatic heterocycles. The van der Waals surface area contributed by atoms with Gasteiger partial charge in [0.15, 0.2) is 0 Å². The minimum Gasteiger partial charge on any atom is -0.396 e. The van der Waals surface area contributed by atoms with Gasteiger partial charge in [-0.3, -0.25) is 0 Å². The van der Waals surface area contributed by atoms with Crippen molar-refractivity contribution >= 4 is 6.03 Å². The lowest BCUT2D eigenvalue weighted by molar-refractivity contribution is -0.164. The molecule has 0 radical (unpaired) electrons. The minimum absolute atomic E-state index is 0.0220. The second-order valence-electron chi connectivity index (χ2n) is 5.96. The van der Waals surface area contributed by atoms with Gasteiger partial charge in [-0.25, -0.2) is 4.79 Å². The van der Waals surface area contributed by atoms with E-state index in [4.69, 9.17) is 9.84 Å². The molecule has 5 heteroatoms. The number of amides is 2. The van der Waals surface area contributed by atoms with Crippen molar-refractivity contribution < 1.29 is 14.6 Å². The third kappa shape index (κ3) is 3.09. The van der Waals surface area contributed by atoms with Gasteiger partial charge < -0.3 is 20.5 Å². The Morgan fingerprint density at radius 1 is 1.40 bits per heavy atom. The van der Waals surface area contributed by atoms with Gasteiger partial charge in [0.1, 0.15) is 0 Å². The number of rotatable bonds is 7. The fourth-order valence-electron chi connectivity index (χ4n) is 3.77. The van der Waals surface area contributed by atoms with E-state index in [-0.39, 0.29) is 36.2 Å². The van der Waals surface area contributed by atoms with Crippen LogP contribution in [0.25, 0.3) is 0 Å². The molecule has 20 heavy (non-hydrogen) atoms. The maximum atomic E-state index is 12.0. The second kappa shape index (κ2) is 7.27. The van der Waals surface area contributed by atoms with Crippen molar-refractivity contribution in [3.05, 3.63) is 0 Å². The molecule has 0 aliphatic heterocycles. The molecule has 1 fully saturated rings. The molecule has 5 nitrogen and oxygen atoms in total. The number of nitrogens with one attached hydrogen (secondary N) is 2. The highest BCUT2D eigenvalue weighted by molar-refractivity contribution is 5.75. The summed E-state index contributed by atoms with van der Waals surface area (Å²) in [6, 6.07) is -0.0290. The first-order chi connectivity index (χ1) is 9.46. The van der Waals surface area contributed by atoms with Crippen LogP contribution >= 0.6 is 0 Å². The van der Waals surface area contributed by atoms with E-state index in [1.54, 1.807) is 7.11 Å². The zero-order chi connectivity index (χ0) is 15.3. The Bertz CT molecular complexity index is 318. The molecule has 1 aliphatic rings. The maximum Gasteiger partial charge on any atom is 0.315 e. The van der Waals surface area contributed by atoms with Crippen LogP contribution in [0.15, 0.2) is 0 Å². The summed E-state index contributed by atoms with van der Waals surface area (Å²) in [7, 11) is 1.75. The van der Waals surface area contributed by atoms with Crippen molar-refractivity contribution in [1.82, 2.24) is 10.6 Å². The van der Waals surface area contributed by atoms with Crippen LogP contribution in [0.3, 0.4) is 0 Å². The van der Waals surface area contributed by atoms with E-state index < -0.39 is 0 Å². The standard InChI is InChI=1S/C15H30N2O3/c1-6-15(7-2)12(11(4)13(15)20-5)17-14(19)16-10(3)8-9-18/h10-13,18H,6-9H2,1-5H3,(H2,16,17,19)/t10-,11?,12?,13?/m1/s1. The molecule has 0 bridgehead atoms. The third-order valence-corrected chi connectivity index (χ3v) is 4.99. The number of carbonyl (C=O) groups excluding carboxylic acids is 1. The average Bonchev–Trinajstić information content (AvgIpc) is 2.41. The third-order valence-electron chi connectivity index (χ3n) is 4.99. The lowest BCUT2D eigenvalue weighted by atomic mass is 9.53. The number of aliphatic hydroxyl groups excluding tert-OH is 1. The van der Waals surface area contributed by atoms with Crippen molar-refractivity contribution in [3.63, 3.8) is 0 Å². The Kier molecular flexibility index (Phi) is 6.27. The zero-order valence-corrected chi connectivity index (χ0v) is 13.4. The molecule has 0 saturated heterocycles. The summed E-state index contributed by atoms with van der Waals surface area (Å²) in [4.78, 5) is 12.0. The number of ether oxygens (including phenoxy) is 1. The molecular formula is C15H30N2O3. The molecular weight excluding hydrogens is 256 g/mol. The van der Waals surface area contributed by atoms with Gasteiger partial charge in [-0.1, -0.05) is 20.8 Å². The van der Waals surface area contributed by atoms with Crippen molar-refractivity contribution in [2.45, 2.75) is 65.1 Å². The van der Waals surface area contributed by atoms with Crippen LogP contribution in [0, 0.1) is 11.3 Å². The maximum absolute atomic E-state index is 12.0. The van der Waals surface area contributed by atoms with E-state index in [1.807, 2.05) is 6.92 Å². The molecule has 1 saturated carbocycles. The van der Waals surface area contributed by atoms with Crippen molar-refractivity contribution in [1.29, 1.82) is 0 Å². The van der Waals surface area contributed by atoms with Crippen molar-refractivity contribution in [2.24, 2.45) is 11.3 Å². The van der Waals surface area contributed by atoms with Crippen LogP contribution in [0.2, 0.25) is 0 Å². The fourth-order valence-corrected chi connectivity index (χ4v) is 3.77. The molecule has 0 heterocycles. The Morgan fingerprint density at radius 2 is 2.00 bits per heavy atom. The summed E-state index contributed by atoms with van der Waals surface area (Å²) >= 11 is 0. The number of urea groups is 1. The van der Waals surface area contributed by atoms with Gasteiger partial charge >= 0.3 is 6.03 Å². The van der Waals surface area contributed by atoms with E-state index in [9.17, 15) is 4.79 Å². The SMILES string of the molecule is CCC1(CC)C(NC(=O)N[C@H](C)CCO)C(C)C1OC. The van der Waals surface area contributed by atoms with E-state index >= 15 is 0 Å². The van der Waals surface area contributed by atoms with E-state index in [0.29, 0.717) is 12.3 Å². The van der Waals surface area contributed by atoms with Gasteiger partial charge in [0, 0.05) is 37.1 Å². The molecule has 1 aliphatic carbocycles. The first kappa shape index (κ1) is 17.2. The highest BCUT2D eigenvalue weighted by Gasteiger charge is 2.58. The first-order valence-electron chi connectivity index (χ1n) is 7.67. The fraction of sp³-hybridized carbons (Fsp3) is 0.933. The lowest BCUT2D eigenvalue weighted by Gasteiger charge is -2.59. The van der Waals surface area contributed by atoms with Crippen LogP contribution in [0.5, 0.6) is 0 Å². The summed E-state index contributed by atoms with van der Waals surface area (Å²) in [5.74, 6) is 0.318. The van der Waals surface area contributed by atoms with Crippen molar-refractivity contribution in [3.8, 4) is 0 Å². The van der Waals surface area contributed by atoms with Gasteiger partial charge in [-0.05, 0) is 26.2 Å². The van der Waals surface area contributed by atoms with Gasteiger partial charge in [-0.15, -0.1) is 0 Å². The molecule has 2 amide bonds. The van der Waals surface area contributed by atoms with E-state index in [0.717, 1.165) is 12.8 Å². The zero-order valence-electron chi connectivity index (χ0n) is 13.4. The van der Waals surface area contributed by atoms with Gasteiger partial charge in [0.25, 0.3) is 0 Å². The molecule has 0 aromatic carbocycles. The molecule has 0 spiro atoms. The monoisotopic (exact) mass is 286 g/mol. The highest BCUT2D eigenvalue weighted by Crippen LogP contribution is 2.52. The molecule has 4 atom stereocenters. The Labute approximate surface area is 122 Å². The van der Waals surface area contributed by atoms with E-state index in [2.05, 4.69) is 31.4 Å². The summed E-state index contributed by atoms with van der Waals surface area (Å²) in [5.41, 5.74) is 0.0335. The molecule has 1 rings (SSSR count). The number of carbonyl (C=O) groups is 1. The van der Waals surface area contributed by atoms with Gasteiger partial charge in [0.05, 0.1) is 6.10 Å². The summed E-state index contributed by atoms with van der Waals surface area (Å²) in [5, 5.41) is 14.8. The largest absolute Gasteiger partial charge is 0.396 e. The minimum atomic E-state index is -0.149. The molecule has 118 valence electrons. The predicted octanol–water partition coefficient (Wildman–Crippen LogP) is 1.90. The van der Waals surface area contributed by atoms with Crippen LogP contribution in [0.1, 0.15) is 47.0 Å². The number of aliphatic hydroxyl groups is 1. The topological polar surface area (TPSA) is 70.6 Å². The molecule has 3 unspecified atom stereocenters. The van der Waals surface area contributed by atoms with Crippen LogP contribution < -0.4 is 10.6 Å². The van der Waals surface area contributed by atoms with Crippen LogP contribution in [-0.2, 0) is 4.74 Å². The predicted molar refractivity (Wildman–Crippen MR) is 79.6 cm³/mol.